The topological polar surface area (TPSA) is 80.9 Å². The smallest absolute Gasteiger partial charge is 0.145 e. The number of morpholine rings is 1. The first kappa shape index (κ1) is 28.4. The molecule has 4 aromatic rings. The second-order valence-corrected chi connectivity index (χ2v) is 14.5. The maximum atomic E-state index is 12.2. The summed E-state index contributed by atoms with van der Waals surface area (Å²) < 4.78 is 19.1. The first-order valence-electron chi connectivity index (χ1n) is 15.4. The minimum Gasteiger partial charge on any atom is -0.382 e. The molecule has 3 aliphatic carbocycles. The van der Waals surface area contributed by atoms with E-state index in [0.29, 0.717) is 33.8 Å². The van der Waals surface area contributed by atoms with Crippen molar-refractivity contribution in [2.45, 2.75) is 69.3 Å². The predicted octanol–water partition coefficient (Wildman–Crippen LogP) is 7.56. The van der Waals surface area contributed by atoms with E-state index >= 15 is 0 Å². The minimum atomic E-state index is -0.902. The van der Waals surface area contributed by atoms with Crippen LogP contribution in [0.25, 0.3) is 21.5 Å². The Labute approximate surface area is 265 Å². The van der Waals surface area contributed by atoms with Gasteiger partial charge in [0.1, 0.15) is 22.1 Å². The van der Waals surface area contributed by atoms with Crippen molar-refractivity contribution in [2.75, 3.05) is 26.3 Å². The Hall–Kier alpha value is -2.04. The number of fused-ring (bicyclic) bond motifs is 3. The molecule has 0 unspecified atom stereocenters. The molecule has 4 aliphatic rings. The van der Waals surface area contributed by atoms with Crippen LogP contribution in [0.3, 0.4) is 0 Å². The highest BCUT2D eigenvalue weighted by Crippen LogP contribution is 2.57. The Morgan fingerprint density at radius 3 is 2.49 bits per heavy atom. The van der Waals surface area contributed by atoms with E-state index < -0.39 is 5.60 Å². The van der Waals surface area contributed by atoms with Gasteiger partial charge in [0.25, 0.3) is 0 Å². The summed E-state index contributed by atoms with van der Waals surface area (Å²) in [6.07, 6.45) is 5.81. The van der Waals surface area contributed by atoms with E-state index in [1.807, 2.05) is 18.2 Å². The molecular weight excluding hydrogens is 605 g/mol. The number of hydrogen-bond acceptors (Lipinski definition) is 8. The highest BCUT2D eigenvalue weighted by atomic mass is 35.5. The van der Waals surface area contributed by atoms with Gasteiger partial charge in [0.2, 0.25) is 0 Å². The van der Waals surface area contributed by atoms with Crippen molar-refractivity contribution >= 4 is 44.8 Å². The summed E-state index contributed by atoms with van der Waals surface area (Å²) >= 11 is 14.8. The minimum absolute atomic E-state index is 0.0452. The van der Waals surface area contributed by atoms with Crippen LogP contribution in [0.4, 0.5) is 0 Å². The molecular formula is C33H35Cl2N3O4S. The molecule has 1 saturated heterocycles. The van der Waals surface area contributed by atoms with Crippen LogP contribution < -0.4 is 0 Å². The Bertz CT molecular complexity index is 1610. The van der Waals surface area contributed by atoms with Gasteiger partial charge in [-0.15, -0.1) is 11.3 Å². The van der Waals surface area contributed by atoms with Crippen molar-refractivity contribution in [1.29, 1.82) is 0 Å². The molecule has 2 aromatic carbocycles. The van der Waals surface area contributed by atoms with Crippen LogP contribution in [0.2, 0.25) is 10.0 Å². The number of rotatable bonds is 8. The number of benzene rings is 2. The van der Waals surface area contributed by atoms with Gasteiger partial charge in [-0.3, -0.25) is 4.90 Å². The third kappa shape index (κ3) is 5.23. The van der Waals surface area contributed by atoms with Crippen molar-refractivity contribution in [3.8, 4) is 11.3 Å². The van der Waals surface area contributed by atoms with E-state index in [1.165, 1.54) is 5.56 Å². The molecule has 3 saturated carbocycles. The molecule has 0 spiro atoms. The van der Waals surface area contributed by atoms with Crippen LogP contribution in [0.15, 0.2) is 40.9 Å². The molecule has 226 valence electrons. The van der Waals surface area contributed by atoms with Crippen molar-refractivity contribution in [2.24, 2.45) is 11.8 Å². The second kappa shape index (κ2) is 11.4. The summed E-state index contributed by atoms with van der Waals surface area (Å²) in [4.78, 5) is 7.43. The van der Waals surface area contributed by atoms with Crippen molar-refractivity contribution in [3.63, 3.8) is 0 Å². The summed E-state index contributed by atoms with van der Waals surface area (Å²) in [5.74, 6) is 1.51. The maximum Gasteiger partial charge on any atom is 0.145 e. The zero-order chi connectivity index (χ0) is 29.1. The summed E-state index contributed by atoms with van der Waals surface area (Å²) in [5.41, 5.74) is 3.68. The highest BCUT2D eigenvalue weighted by Gasteiger charge is 2.56. The quantitative estimate of drug-likeness (QED) is 0.213. The molecule has 43 heavy (non-hydrogen) atoms. The summed E-state index contributed by atoms with van der Waals surface area (Å²) in [7, 11) is 0. The molecule has 0 amide bonds. The fourth-order valence-corrected chi connectivity index (χ4v) is 9.35. The number of halogens is 2. The molecule has 8 rings (SSSR count). The normalized spacial score (nSPS) is 27.7. The van der Waals surface area contributed by atoms with Crippen LogP contribution >= 0.6 is 34.5 Å². The number of thiazole rings is 1. The SMILES string of the molecule is O[C@@]1(c2nc3ccc(CN4CCOCC4)cc3s2)[C@@H]2CC[C@H]1C[C@@H](OCc1c(-c3c(Cl)cccc3Cl)noc1C1CC1)C2. The third-order valence-corrected chi connectivity index (χ3v) is 11.7. The maximum absolute atomic E-state index is 12.2. The van der Waals surface area contributed by atoms with Gasteiger partial charge in [-0.2, -0.15) is 0 Å². The number of hydrogen-bond donors (Lipinski definition) is 1. The van der Waals surface area contributed by atoms with Crippen molar-refractivity contribution in [1.82, 2.24) is 15.0 Å². The highest BCUT2D eigenvalue weighted by molar-refractivity contribution is 7.18. The van der Waals surface area contributed by atoms with Crippen LogP contribution in [0.5, 0.6) is 0 Å². The Balaban J connectivity index is 0.996. The molecule has 1 aliphatic heterocycles. The van der Waals surface area contributed by atoms with Crippen molar-refractivity contribution < 1.29 is 19.1 Å². The molecule has 4 fully saturated rings. The Morgan fingerprint density at radius 1 is 1.02 bits per heavy atom. The van der Waals surface area contributed by atoms with Gasteiger partial charge in [0.05, 0.1) is 46.2 Å². The average molecular weight is 641 g/mol. The fourth-order valence-electron chi connectivity index (χ4n) is 7.49. The van der Waals surface area contributed by atoms with Crippen LogP contribution in [-0.4, -0.2) is 52.6 Å². The Morgan fingerprint density at radius 2 is 1.77 bits per heavy atom. The Kier molecular flexibility index (Phi) is 7.53. The van der Waals surface area contributed by atoms with Gasteiger partial charge in [-0.25, -0.2) is 4.98 Å². The van der Waals surface area contributed by atoms with E-state index in [4.69, 9.17) is 42.2 Å². The lowest BCUT2D eigenvalue weighted by molar-refractivity contribution is -0.116. The average Bonchev–Trinajstić information content (AvgIpc) is 3.59. The fraction of sp³-hybridized carbons (Fsp3) is 0.515. The monoisotopic (exact) mass is 639 g/mol. The summed E-state index contributed by atoms with van der Waals surface area (Å²) in [5, 5.41) is 18.6. The molecule has 0 radical (unpaired) electrons. The molecule has 7 nitrogen and oxygen atoms in total. The van der Waals surface area contributed by atoms with Crippen molar-refractivity contribution in [3.05, 3.63) is 68.3 Å². The molecule has 2 aromatic heterocycles. The van der Waals surface area contributed by atoms with Gasteiger partial charge in [0, 0.05) is 36.7 Å². The van der Waals surface area contributed by atoms with E-state index in [-0.39, 0.29) is 17.9 Å². The molecule has 3 heterocycles. The molecule has 1 N–H and O–H groups in total. The van der Waals surface area contributed by atoms with E-state index in [9.17, 15) is 5.11 Å². The molecule has 2 bridgehead atoms. The number of aromatic nitrogens is 2. The first-order chi connectivity index (χ1) is 21.0. The number of ether oxygens (including phenoxy) is 2. The van der Waals surface area contributed by atoms with Gasteiger partial charge in [-0.1, -0.05) is 40.5 Å². The lowest BCUT2D eigenvalue weighted by atomic mass is 9.73. The third-order valence-electron chi connectivity index (χ3n) is 9.94. The van der Waals surface area contributed by atoms with Gasteiger partial charge < -0.3 is 19.1 Å². The largest absolute Gasteiger partial charge is 0.382 e. The zero-order valence-corrected chi connectivity index (χ0v) is 26.3. The van der Waals surface area contributed by atoms with E-state index in [2.05, 4.69) is 28.3 Å². The number of aliphatic hydroxyl groups is 1. The van der Waals surface area contributed by atoms with Gasteiger partial charge in [0.15, 0.2) is 0 Å². The standard InChI is InChI=1S/C33H35Cl2N3O4S/c34-25-2-1-3-26(35)29(25)30-24(31(42-37-30)20-5-6-20)18-41-23-15-21-7-8-22(16-23)33(21,39)32-36-27-9-4-19(14-28(27)43-32)17-38-10-12-40-13-11-38/h1-4,9,14,20-23,39H,5-8,10-13,15-18H2/t21-,22+,23+,33+. The predicted molar refractivity (Wildman–Crippen MR) is 168 cm³/mol. The number of nitrogens with zero attached hydrogens (tertiary/aromatic N) is 3. The second-order valence-electron chi connectivity index (χ2n) is 12.7. The molecule has 4 atom stereocenters. The summed E-state index contributed by atoms with van der Waals surface area (Å²) in [6, 6.07) is 12.0. The zero-order valence-electron chi connectivity index (χ0n) is 23.9. The van der Waals surface area contributed by atoms with E-state index in [0.717, 1.165) is 97.9 Å². The van der Waals surface area contributed by atoms with Crippen LogP contribution in [0, 0.1) is 11.8 Å². The van der Waals surface area contributed by atoms with Gasteiger partial charge in [-0.05, 0) is 80.2 Å². The van der Waals surface area contributed by atoms with E-state index in [1.54, 1.807) is 11.3 Å². The first-order valence-corrected chi connectivity index (χ1v) is 17.0. The molecule has 10 heteroatoms. The van der Waals surface area contributed by atoms with Crippen LogP contribution in [0.1, 0.15) is 66.3 Å². The van der Waals surface area contributed by atoms with Gasteiger partial charge >= 0.3 is 0 Å². The lowest BCUT2D eigenvalue weighted by Gasteiger charge is -2.41. The summed E-state index contributed by atoms with van der Waals surface area (Å²) in [6.45, 7) is 4.83. The van der Waals surface area contributed by atoms with Crippen LogP contribution in [-0.2, 0) is 28.2 Å². The lowest BCUT2D eigenvalue weighted by Crippen LogP contribution is -2.44.